The average Bonchev–Trinajstić information content (AvgIpc) is 3.07. The highest BCUT2D eigenvalue weighted by Crippen LogP contribution is 2.32. The highest BCUT2D eigenvalue weighted by molar-refractivity contribution is 6.43. The molecule has 2 heterocycles. The second-order valence-corrected chi connectivity index (χ2v) is 7.80. The molecular formula is C23H19Cl2N5O3. The van der Waals surface area contributed by atoms with Crippen molar-refractivity contribution >= 4 is 47.1 Å². The van der Waals surface area contributed by atoms with Crippen molar-refractivity contribution in [3.63, 3.8) is 0 Å². The number of hydrogen-bond acceptors (Lipinski definition) is 6. The fourth-order valence-corrected chi connectivity index (χ4v) is 3.49. The number of nitrogens with one attached hydrogen (secondary N) is 1. The standard InChI is InChI=1S/C23H19Cl2N5O3/c1-13-10-16(14(2)30(13)19-7-4-6-18(24)20(19)25)11-17(12-26)22(32)33-15(3)21(31)29-23-27-8-5-9-28-23/h4-11,15H,1-3H3,(H,27,28,29,31)/b17-11-. The first-order valence-electron chi connectivity index (χ1n) is 9.77. The van der Waals surface area contributed by atoms with E-state index in [2.05, 4.69) is 15.3 Å². The first kappa shape index (κ1) is 24.0. The van der Waals surface area contributed by atoms with E-state index in [0.29, 0.717) is 21.3 Å². The molecule has 0 saturated carbocycles. The maximum absolute atomic E-state index is 12.5. The Labute approximate surface area is 200 Å². The summed E-state index contributed by atoms with van der Waals surface area (Å²) in [5.74, 6) is -1.48. The number of aryl methyl sites for hydroxylation is 1. The molecule has 1 amide bonds. The Morgan fingerprint density at radius 3 is 2.58 bits per heavy atom. The van der Waals surface area contributed by atoms with Gasteiger partial charge >= 0.3 is 5.97 Å². The number of hydrogen-bond donors (Lipinski definition) is 1. The molecule has 0 aliphatic rings. The molecule has 2 aromatic heterocycles. The van der Waals surface area contributed by atoms with E-state index in [4.69, 9.17) is 27.9 Å². The van der Waals surface area contributed by atoms with Crippen LogP contribution in [0.3, 0.4) is 0 Å². The fraction of sp³-hybridized carbons (Fsp3) is 0.174. The van der Waals surface area contributed by atoms with Crippen LogP contribution in [0.2, 0.25) is 10.0 Å². The van der Waals surface area contributed by atoms with E-state index < -0.39 is 18.0 Å². The average molecular weight is 484 g/mol. The normalized spacial score (nSPS) is 12.1. The molecule has 8 nitrogen and oxygen atoms in total. The Morgan fingerprint density at radius 1 is 1.21 bits per heavy atom. The van der Waals surface area contributed by atoms with Gasteiger partial charge in [0.25, 0.3) is 5.91 Å². The summed E-state index contributed by atoms with van der Waals surface area (Å²) in [4.78, 5) is 32.5. The van der Waals surface area contributed by atoms with Crippen molar-refractivity contribution in [2.45, 2.75) is 26.9 Å². The Kier molecular flexibility index (Phi) is 7.48. The highest BCUT2D eigenvalue weighted by atomic mass is 35.5. The van der Waals surface area contributed by atoms with E-state index >= 15 is 0 Å². The van der Waals surface area contributed by atoms with E-state index in [1.54, 1.807) is 24.3 Å². The lowest BCUT2D eigenvalue weighted by molar-refractivity contribution is -0.148. The molecule has 33 heavy (non-hydrogen) atoms. The molecule has 1 unspecified atom stereocenters. The second-order valence-electron chi connectivity index (χ2n) is 7.01. The van der Waals surface area contributed by atoms with Crippen LogP contribution in [0.15, 0.2) is 48.3 Å². The first-order valence-corrected chi connectivity index (χ1v) is 10.5. The molecule has 10 heteroatoms. The third-order valence-electron chi connectivity index (χ3n) is 4.74. The van der Waals surface area contributed by atoms with E-state index in [-0.39, 0.29) is 11.5 Å². The van der Waals surface area contributed by atoms with Crippen molar-refractivity contribution in [2.75, 3.05) is 5.32 Å². The number of halogens is 2. The van der Waals surface area contributed by atoms with Crippen molar-refractivity contribution in [2.24, 2.45) is 0 Å². The number of nitrogens with zero attached hydrogens (tertiary/aromatic N) is 4. The summed E-state index contributed by atoms with van der Waals surface area (Å²) in [6.45, 7) is 5.08. The number of rotatable bonds is 6. The van der Waals surface area contributed by atoms with Gasteiger partial charge in [0, 0.05) is 23.8 Å². The molecule has 1 aromatic carbocycles. The zero-order chi connectivity index (χ0) is 24.1. The lowest BCUT2D eigenvalue weighted by atomic mass is 10.1. The minimum atomic E-state index is -1.17. The van der Waals surface area contributed by atoms with Crippen LogP contribution in [0.25, 0.3) is 11.8 Å². The summed E-state index contributed by atoms with van der Waals surface area (Å²) in [7, 11) is 0. The largest absolute Gasteiger partial charge is 0.448 e. The van der Waals surface area contributed by atoms with E-state index in [0.717, 1.165) is 11.4 Å². The van der Waals surface area contributed by atoms with Crippen LogP contribution in [-0.4, -0.2) is 32.5 Å². The Balaban J connectivity index is 1.82. The fourth-order valence-electron chi connectivity index (χ4n) is 3.11. The third kappa shape index (κ3) is 5.40. The summed E-state index contributed by atoms with van der Waals surface area (Å²) in [6.07, 6.45) is 3.16. The number of anilines is 1. The van der Waals surface area contributed by atoms with Gasteiger partial charge < -0.3 is 9.30 Å². The number of nitriles is 1. The molecule has 0 aliphatic carbocycles. The molecule has 0 fully saturated rings. The van der Waals surface area contributed by atoms with Crippen LogP contribution in [0, 0.1) is 25.2 Å². The van der Waals surface area contributed by atoms with Gasteiger partial charge in [0.1, 0.15) is 11.6 Å². The molecule has 0 aliphatic heterocycles. The van der Waals surface area contributed by atoms with Crippen LogP contribution in [0.1, 0.15) is 23.9 Å². The van der Waals surface area contributed by atoms with Gasteiger partial charge in [-0.1, -0.05) is 29.3 Å². The maximum atomic E-state index is 12.5. The van der Waals surface area contributed by atoms with Crippen molar-refractivity contribution in [1.82, 2.24) is 14.5 Å². The minimum Gasteiger partial charge on any atom is -0.448 e. The van der Waals surface area contributed by atoms with Crippen molar-refractivity contribution in [3.8, 4) is 11.8 Å². The molecule has 3 aromatic rings. The topological polar surface area (TPSA) is 110 Å². The van der Waals surface area contributed by atoms with Gasteiger partial charge in [0.05, 0.1) is 15.7 Å². The summed E-state index contributed by atoms with van der Waals surface area (Å²) in [5, 5.41) is 12.8. The van der Waals surface area contributed by atoms with Gasteiger partial charge in [-0.25, -0.2) is 14.8 Å². The maximum Gasteiger partial charge on any atom is 0.349 e. The molecule has 0 bridgehead atoms. The van der Waals surface area contributed by atoms with Crippen molar-refractivity contribution in [3.05, 3.63) is 75.3 Å². The molecule has 1 N–H and O–H groups in total. The number of carbonyl (C=O) groups excluding carboxylic acids is 2. The predicted molar refractivity (Wildman–Crippen MR) is 125 cm³/mol. The van der Waals surface area contributed by atoms with Gasteiger partial charge in [-0.2, -0.15) is 5.26 Å². The third-order valence-corrected chi connectivity index (χ3v) is 5.55. The quantitative estimate of drug-likeness (QED) is 0.309. The van der Waals surface area contributed by atoms with Crippen LogP contribution in [0.5, 0.6) is 0 Å². The van der Waals surface area contributed by atoms with Crippen molar-refractivity contribution in [1.29, 1.82) is 5.26 Å². The van der Waals surface area contributed by atoms with Crippen molar-refractivity contribution < 1.29 is 14.3 Å². The predicted octanol–water partition coefficient (Wildman–Crippen LogP) is 4.67. The Hall–Kier alpha value is -3.67. The molecule has 3 rings (SSSR count). The van der Waals surface area contributed by atoms with E-state index in [9.17, 15) is 14.9 Å². The minimum absolute atomic E-state index is 0.0774. The summed E-state index contributed by atoms with van der Waals surface area (Å²) >= 11 is 12.5. The van der Waals surface area contributed by atoms with Crippen LogP contribution < -0.4 is 5.32 Å². The molecule has 0 saturated heterocycles. The van der Waals surface area contributed by atoms with E-state index in [1.807, 2.05) is 30.6 Å². The zero-order valence-corrected chi connectivity index (χ0v) is 19.5. The number of carbonyl (C=O) groups is 2. The van der Waals surface area contributed by atoms with E-state index in [1.165, 1.54) is 25.4 Å². The number of aromatic nitrogens is 3. The zero-order valence-electron chi connectivity index (χ0n) is 18.0. The molecule has 0 radical (unpaired) electrons. The summed E-state index contributed by atoms with van der Waals surface area (Å²) < 4.78 is 7.03. The van der Waals surface area contributed by atoms with Gasteiger partial charge in [0.2, 0.25) is 5.95 Å². The number of ether oxygens (including phenoxy) is 1. The molecule has 168 valence electrons. The lowest BCUT2D eigenvalue weighted by Gasteiger charge is -2.13. The van der Waals surface area contributed by atoms with Gasteiger partial charge in [0.15, 0.2) is 6.10 Å². The van der Waals surface area contributed by atoms with Gasteiger partial charge in [-0.15, -0.1) is 0 Å². The second kappa shape index (κ2) is 10.3. The van der Waals surface area contributed by atoms with Crippen LogP contribution in [0.4, 0.5) is 5.95 Å². The number of esters is 1. The smallest absolute Gasteiger partial charge is 0.349 e. The SMILES string of the molecule is Cc1cc(/C=C(/C#N)C(=O)OC(C)C(=O)Nc2ncccn2)c(C)n1-c1cccc(Cl)c1Cl. The number of benzene rings is 1. The highest BCUT2D eigenvalue weighted by Gasteiger charge is 2.22. The number of amides is 1. The van der Waals surface area contributed by atoms with Crippen LogP contribution in [-0.2, 0) is 14.3 Å². The molecule has 1 atom stereocenters. The molecular weight excluding hydrogens is 465 g/mol. The lowest BCUT2D eigenvalue weighted by Crippen LogP contribution is -2.30. The summed E-state index contributed by atoms with van der Waals surface area (Å²) in [6, 6.07) is 10.5. The monoisotopic (exact) mass is 483 g/mol. The van der Waals surface area contributed by atoms with Gasteiger partial charge in [-0.3, -0.25) is 10.1 Å². The Morgan fingerprint density at radius 2 is 1.91 bits per heavy atom. The molecule has 0 spiro atoms. The first-order chi connectivity index (χ1) is 15.7. The Bertz CT molecular complexity index is 1280. The van der Waals surface area contributed by atoms with Crippen LogP contribution >= 0.6 is 23.2 Å². The summed E-state index contributed by atoms with van der Waals surface area (Å²) in [5.41, 5.74) is 2.59. The van der Waals surface area contributed by atoms with Gasteiger partial charge in [-0.05, 0) is 56.7 Å².